The highest BCUT2D eigenvalue weighted by molar-refractivity contribution is 9.10. The van der Waals surface area contributed by atoms with Crippen molar-refractivity contribution < 1.29 is 9.18 Å². The van der Waals surface area contributed by atoms with Gasteiger partial charge in [-0.2, -0.15) is 0 Å². The predicted octanol–water partition coefficient (Wildman–Crippen LogP) is 4.43. The van der Waals surface area contributed by atoms with Gasteiger partial charge in [0.15, 0.2) is 5.78 Å². The number of benzene rings is 2. The Morgan fingerprint density at radius 3 is 2.55 bits per heavy atom. The third-order valence-corrected chi connectivity index (χ3v) is 3.90. The third-order valence-electron chi connectivity index (χ3n) is 3.13. The zero-order valence-electron chi connectivity index (χ0n) is 11.4. The molecule has 0 fully saturated rings. The van der Waals surface area contributed by atoms with Gasteiger partial charge in [0, 0.05) is 23.6 Å². The van der Waals surface area contributed by atoms with Crippen molar-refractivity contribution >= 4 is 27.4 Å². The van der Waals surface area contributed by atoms with Crippen molar-refractivity contribution in [2.45, 2.75) is 13.5 Å². The van der Waals surface area contributed by atoms with Crippen LogP contribution in [0.3, 0.4) is 0 Å². The van der Waals surface area contributed by atoms with Gasteiger partial charge in [0.2, 0.25) is 0 Å². The number of halogens is 2. The van der Waals surface area contributed by atoms with E-state index in [1.807, 2.05) is 36.2 Å². The SMILES string of the molecule is CC(=O)c1ccc(N(C)Cc2ccccc2Br)c(F)c1. The van der Waals surface area contributed by atoms with Crippen molar-refractivity contribution in [1.29, 1.82) is 0 Å². The molecule has 20 heavy (non-hydrogen) atoms. The fraction of sp³-hybridized carbons (Fsp3) is 0.188. The largest absolute Gasteiger partial charge is 0.368 e. The quantitative estimate of drug-likeness (QED) is 0.770. The van der Waals surface area contributed by atoms with Crippen LogP contribution in [-0.2, 0) is 6.54 Å². The third kappa shape index (κ3) is 3.25. The van der Waals surface area contributed by atoms with Gasteiger partial charge in [-0.05, 0) is 36.8 Å². The van der Waals surface area contributed by atoms with E-state index in [9.17, 15) is 9.18 Å². The van der Waals surface area contributed by atoms with Crippen LogP contribution < -0.4 is 4.90 Å². The van der Waals surface area contributed by atoms with E-state index in [-0.39, 0.29) is 11.6 Å². The zero-order chi connectivity index (χ0) is 14.7. The average molecular weight is 336 g/mol. The van der Waals surface area contributed by atoms with Crippen LogP contribution in [0.15, 0.2) is 46.9 Å². The van der Waals surface area contributed by atoms with Crippen LogP contribution in [0.2, 0.25) is 0 Å². The molecule has 2 nitrogen and oxygen atoms in total. The van der Waals surface area contributed by atoms with E-state index in [0.717, 1.165) is 10.0 Å². The summed E-state index contributed by atoms with van der Waals surface area (Å²) in [6.45, 7) is 2.01. The first-order valence-corrected chi connectivity index (χ1v) is 7.03. The second-order valence-electron chi connectivity index (χ2n) is 4.67. The lowest BCUT2D eigenvalue weighted by Gasteiger charge is -2.21. The molecule has 0 radical (unpaired) electrons. The minimum absolute atomic E-state index is 0.135. The number of Topliss-reactive ketones (excluding diaryl/α,β-unsaturated/α-hetero) is 1. The van der Waals surface area contributed by atoms with Crippen LogP contribution in [0.4, 0.5) is 10.1 Å². The van der Waals surface area contributed by atoms with Gasteiger partial charge in [-0.1, -0.05) is 34.1 Å². The molecule has 0 amide bonds. The summed E-state index contributed by atoms with van der Waals surface area (Å²) in [6.07, 6.45) is 0. The first-order chi connectivity index (χ1) is 9.49. The molecule has 0 aliphatic heterocycles. The van der Waals surface area contributed by atoms with Crippen molar-refractivity contribution in [3.05, 3.63) is 63.9 Å². The maximum atomic E-state index is 14.1. The van der Waals surface area contributed by atoms with E-state index >= 15 is 0 Å². The number of ketones is 1. The molecule has 2 aromatic rings. The molecule has 2 aromatic carbocycles. The number of carbonyl (C=O) groups excluding carboxylic acids is 1. The summed E-state index contributed by atoms with van der Waals surface area (Å²) in [7, 11) is 1.82. The average Bonchev–Trinajstić information content (AvgIpc) is 2.41. The molecule has 0 bridgehead atoms. The summed E-state index contributed by atoms with van der Waals surface area (Å²) in [5.74, 6) is -0.517. The van der Waals surface area contributed by atoms with E-state index < -0.39 is 0 Å². The summed E-state index contributed by atoms with van der Waals surface area (Å²) in [4.78, 5) is 13.0. The molecule has 0 saturated carbocycles. The van der Waals surface area contributed by atoms with Gasteiger partial charge in [-0.15, -0.1) is 0 Å². The highest BCUT2D eigenvalue weighted by Gasteiger charge is 2.11. The number of nitrogens with zero attached hydrogens (tertiary/aromatic N) is 1. The Balaban J connectivity index is 2.23. The van der Waals surface area contributed by atoms with Gasteiger partial charge in [0.05, 0.1) is 5.69 Å². The van der Waals surface area contributed by atoms with Crippen LogP contribution >= 0.6 is 15.9 Å². The Morgan fingerprint density at radius 1 is 1.25 bits per heavy atom. The molecule has 0 atom stereocenters. The summed E-state index contributed by atoms with van der Waals surface area (Å²) >= 11 is 3.48. The molecule has 0 unspecified atom stereocenters. The molecule has 0 spiro atoms. The van der Waals surface area contributed by atoms with Crippen molar-refractivity contribution in [1.82, 2.24) is 0 Å². The number of hydrogen-bond acceptors (Lipinski definition) is 2. The van der Waals surface area contributed by atoms with Crippen molar-refractivity contribution in [2.75, 3.05) is 11.9 Å². The van der Waals surface area contributed by atoms with Crippen LogP contribution in [0.1, 0.15) is 22.8 Å². The second kappa shape index (κ2) is 6.18. The standard InChI is InChI=1S/C16H15BrFNO/c1-11(20)12-7-8-16(15(18)9-12)19(2)10-13-5-3-4-6-14(13)17/h3-9H,10H2,1-2H3. The summed E-state index contributed by atoms with van der Waals surface area (Å²) in [5.41, 5.74) is 1.94. The highest BCUT2D eigenvalue weighted by atomic mass is 79.9. The molecule has 0 N–H and O–H groups in total. The van der Waals surface area contributed by atoms with Gasteiger partial charge in [0.1, 0.15) is 5.82 Å². The molecule has 0 saturated heterocycles. The molecular weight excluding hydrogens is 321 g/mol. The molecule has 0 aromatic heterocycles. The Bertz CT molecular complexity index is 642. The molecule has 4 heteroatoms. The first-order valence-electron chi connectivity index (χ1n) is 6.24. The summed E-state index contributed by atoms with van der Waals surface area (Å²) in [5, 5.41) is 0. The Morgan fingerprint density at radius 2 is 1.95 bits per heavy atom. The van der Waals surface area contributed by atoms with Crippen LogP contribution in [0.5, 0.6) is 0 Å². The molecule has 2 rings (SSSR count). The Hall–Kier alpha value is -1.68. The van der Waals surface area contributed by atoms with Crippen LogP contribution in [0.25, 0.3) is 0 Å². The minimum Gasteiger partial charge on any atom is -0.368 e. The Kier molecular flexibility index (Phi) is 4.55. The molecule has 104 valence electrons. The smallest absolute Gasteiger partial charge is 0.159 e. The number of hydrogen-bond donors (Lipinski definition) is 0. The van der Waals surface area contributed by atoms with Crippen LogP contribution in [0, 0.1) is 5.82 Å². The topological polar surface area (TPSA) is 20.3 Å². The van der Waals surface area contributed by atoms with Gasteiger partial charge < -0.3 is 4.90 Å². The Labute approximate surface area is 126 Å². The maximum Gasteiger partial charge on any atom is 0.159 e. The van der Waals surface area contributed by atoms with E-state index in [4.69, 9.17) is 0 Å². The van der Waals surface area contributed by atoms with E-state index in [1.54, 1.807) is 12.1 Å². The summed E-state index contributed by atoms with van der Waals surface area (Å²) in [6, 6.07) is 12.4. The number of carbonyl (C=O) groups is 1. The summed E-state index contributed by atoms with van der Waals surface area (Å²) < 4.78 is 15.1. The van der Waals surface area contributed by atoms with Crippen LogP contribution in [-0.4, -0.2) is 12.8 Å². The van der Waals surface area contributed by atoms with Crippen molar-refractivity contribution in [2.24, 2.45) is 0 Å². The molecule has 0 aliphatic rings. The zero-order valence-corrected chi connectivity index (χ0v) is 12.9. The van der Waals surface area contributed by atoms with Gasteiger partial charge in [-0.25, -0.2) is 4.39 Å². The fourth-order valence-electron chi connectivity index (χ4n) is 2.00. The van der Waals surface area contributed by atoms with Gasteiger partial charge >= 0.3 is 0 Å². The highest BCUT2D eigenvalue weighted by Crippen LogP contribution is 2.24. The molecule has 0 aliphatic carbocycles. The fourth-order valence-corrected chi connectivity index (χ4v) is 2.41. The lowest BCUT2D eigenvalue weighted by molar-refractivity contribution is 0.101. The maximum absolute atomic E-state index is 14.1. The lowest BCUT2D eigenvalue weighted by Crippen LogP contribution is -2.18. The monoisotopic (exact) mass is 335 g/mol. The van der Waals surface area contributed by atoms with Gasteiger partial charge in [-0.3, -0.25) is 4.79 Å². The van der Waals surface area contributed by atoms with Gasteiger partial charge in [0.25, 0.3) is 0 Å². The number of anilines is 1. The first kappa shape index (κ1) is 14.7. The second-order valence-corrected chi connectivity index (χ2v) is 5.52. The lowest BCUT2D eigenvalue weighted by atomic mass is 10.1. The minimum atomic E-state index is -0.382. The predicted molar refractivity (Wildman–Crippen MR) is 82.7 cm³/mol. The van der Waals surface area contributed by atoms with E-state index in [1.165, 1.54) is 13.0 Å². The van der Waals surface area contributed by atoms with Crippen molar-refractivity contribution in [3.8, 4) is 0 Å². The van der Waals surface area contributed by atoms with E-state index in [2.05, 4.69) is 15.9 Å². The van der Waals surface area contributed by atoms with E-state index in [0.29, 0.717) is 17.8 Å². The normalized spacial score (nSPS) is 10.4. The van der Waals surface area contributed by atoms with Crippen molar-refractivity contribution in [3.63, 3.8) is 0 Å². The molecule has 0 heterocycles. The number of rotatable bonds is 4. The molecular formula is C16H15BrFNO.